The number of piperazine rings is 1. The summed E-state index contributed by atoms with van der Waals surface area (Å²) in [6.45, 7) is 8.92. The van der Waals surface area contributed by atoms with Gasteiger partial charge in [0.25, 0.3) is 0 Å². The van der Waals surface area contributed by atoms with E-state index >= 15 is 0 Å². The first kappa shape index (κ1) is 18.1. The fraction of sp³-hybridized carbons (Fsp3) is 0.350. The second-order valence-corrected chi connectivity index (χ2v) is 7.49. The Morgan fingerprint density at radius 3 is 2.56 bits per heavy atom. The Labute approximate surface area is 157 Å². The summed E-state index contributed by atoms with van der Waals surface area (Å²) in [6, 6.07) is 11.5. The van der Waals surface area contributed by atoms with Crippen molar-refractivity contribution in [1.29, 1.82) is 0 Å². The van der Waals surface area contributed by atoms with Gasteiger partial charge in [0, 0.05) is 42.8 Å². The maximum atomic E-state index is 13.8. The molecule has 0 saturated carbocycles. The van der Waals surface area contributed by atoms with E-state index in [1.54, 1.807) is 18.3 Å². The minimum Gasteiger partial charge on any atom is -0.295 e. The van der Waals surface area contributed by atoms with E-state index in [4.69, 9.17) is 0 Å². The quantitative estimate of drug-likeness (QED) is 0.706. The molecule has 0 unspecified atom stereocenters. The summed E-state index contributed by atoms with van der Waals surface area (Å²) in [4.78, 5) is 2.45. The number of aryl methyl sites for hydroxylation is 2. The third-order valence-electron chi connectivity index (χ3n) is 4.56. The van der Waals surface area contributed by atoms with Crippen molar-refractivity contribution in [3.8, 4) is 0 Å². The largest absolute Gasteiger partial charge is 0.295 e. The smallest absolute Gasteiger partial charge is 0.132 e. The molecule has 1 aliphatic rings. The van der Waals surface area contributed by atoms with Gasteiger partial charge in [-0.15, -0.1) is 0 Å². The number of halogens is 2. The first-order valence-electron chi connectivity index (χ1n) is 8.54. The molecule has 2 aromatic rings. The molecule has 2 aromatic carbocycles. The lowest BCUT2D eigenvalue weighted by Crippen LogP contribution is -2.43. The van der Waals surface area contributed by atoms with Gasteiger partial charge < -0.3 is 0 Å². The average Bonchev–Trinajstić information content (AvgIpc) is 2.59. The highest BCUT2D eigenvalue weighted by Gasteiger charge is 2.16. The first-order valence-corrected chi connectivity index (χ1v) is 9.33. The van der Waals surface area contributed by atoms with Gasteiger partial charge in [0.1, 0.15) is 5.82 Å². The molecule has 0 atom stereocenters. The Morgan fingerprint density at radius 1 is 1.08 bits per heavy atom. The molecule has 3 rings (SSSR count). The molecule has 3 nitrogen and oxygen atoms in total. The molecule has 0 N–H and O–H groups in total. The van der Waals surface area contributed by atoms with Gasteiger partial charge in [-0.3, -0.25) is 9.91 Å². The van der Waals surface area contributed by atoms with Crippen LogP contribution in [-0.2, 0) is 6.54 Å². The summed E-state index contributed by atoms with van der Waals surface area (Å²) in [5.74, 6) is -0.250. The Kier molecular flexibility index (Phi) is 5.86. The van der Waals surface area contributed by atoms with E-state index in [2.05, 4.69) is 58.0 Å². The van der Waals surface area contributed by atoms with Gasteiger partial charge in [0.15, 0.2) is 0 Å². The van der Waals surface area contributed by atoms with Crippen LogP contribution in [0.5, 0.6) is 0 Å². The van der Waals surface area contributed by atoms with E-state index in [0.29, 0.717) is 5.56 Å². The van der Waals surface area contributed by atoms with E-state index < -0.39 is 0 Å². The summed E-state index contributed by atoms with van der Waals surface area (Å²) >= 11 is 3.36. The van der Waals surface area contributed by atoms with E-state index in [1.807, 2.05) is 5.01 Å². The van der Waals surface area contributed by atoms with Gasteiger partial charge in [-0.05, 0) is 43.2 Å². The van der Waals surface area contributed by atoms with Crippen molar-refractivity contribution in [1.82, 2.24) is 9.91 Å². The summed E-state index contributed by atoms with van der Waals surface area (Å²) in [5, 5.41) is 6.46. The van der Waals surface area contributed by atoms with Crippen LogP contribution in [-0.4, -0.2) is 42.3 Å². The summed E-state index contributed by atoms with van der Waals surface area (Å²) in [6.07, 6.45) is 1.61. The van der Waals surface area contributed by atoms with Crippen LogP contribution >= 0.6 is 15.9 Å². The third-order valence-corrected chi connectivity index (χ3v) is 5.05. The van der Waals surface area contributed by atoms with Crippen LogP contribution in [0.1, 0.15) is 22.3 Å². The number of hydrazone groups is 1. The normalized spacial score (nSPS) is 15.9. The molecule has 1 heterocycles. The number of rotatable bonds is 4. The van der Waals surface area contributed by atoms with Gasteiger partial charge in [-0.2, -0.15) is 5.10 Å². The van der Waals surface area contributed by atoms with Crippen molar-refractivity contribution >= 4 is 22.1 Å². The fourth-order valence-electron chi connectivity index (χ4n) is 3.03. The van der Waals surface area contributed by atoms with Crippen LogP contribution in [0.2, 0.25) is 0 Å². The lowest BCUT2D eigenvalue weighted by atomic mass is 10.1. The average molecular weight is 404 g/mol. The van der Waals surface area contributed by atoms with E-state index in [1.165, 1.54) is 22.8 Å². The number of benzene rings is 2. The molecule has 1 saturated heterocycles. The number of hydrogen-bond donors (Lipinski definition) is 0. The van der Waals surface area contributed by atoms with Crippen molar-refractivity contribution in [2.75, 3.05) is 26.2 Å². The van der Waals surface area contributed by atoms with Crippen LogP contribution in [0.4, 0.5) is 4.39 Å². The second-order valence-electron chi connectivity index (χ2n) is 6.57. The van der Waals surface area contributed by atoms with Crippen molar-refractivity contribution in [2.45, 2.75) is 20.4 Å². The SMILES string of the molecule is Cc1ccc(CN2CCN(/N=C\c3cc(Br)ccc3F)CC2)c(C)c1. The molecule has 0 amide bonds. The summed E-state index contributed by atoms with van der Waals surface area (Å²) in [7, 11) is 0. The summed E-state index contributed by atoms with van der Waals surface area (Å²) in [5.41, 5.74) is 4.55. The fourth-order valence-corrected chi connectivity index (χ4v) is 3.41. The molecule has 132 valence electrons. The molecule has 0 aliphatic carbocycles. The maximum Gasteiger partial charge on any atom is 0.132 e. The Balaban J connectivity index is 1.55. The minimum absolute atomic E-state index is 0.250. The molecular formula is C20H23BrFN3. The minimum atomic E-state index is -0.250. The van der Waals surface area contributed by atoms with E-state index in [9.17, 15) is 4.39 Å². The van der Waals surface area contributed by atoms with Crippen molar-refractivity contribution in [3.63, 3.8) is 0 Å². The predicted molar refractivity (Wildman–Crippen MR) is 104 cm³/mol. The molecule has 0 bridgehead atoms. The van der Waals surface area contributed by atoms with Crippen molar-refractivity contribution < 1.29 is 4.39 Å². The molecule has 0 spiro atoms. The molecule has 1 fully saturated rings. The molecule has 1 aliphatic heterocycles. The monoisotopic (exact) mass is 403 g/mol. The van der Waals surface area contributed by atoms with Crippen LogP contribution in [0, 0.1) is 19.7 Å². The Hall–Kier alpha value is -1.72. The zero-order valence-electron chi connectivity index (χ0n) is 14.7. The lowest BCUT2D eigenvalue weighted by Gasteiger charge is -2.33. The predicted octanol–water partition coefficient (Wildman–Crippen LogP) is 4.36. The molecular weight excluding hydrogens is 381 g/mol. The topological polar surface area (TPSA) is 18.8 Å². The molecule has 25 heavy (non-hydrogen) atoms. The lowest BCUT2D eigenvalue weighted by molar-refractivity contribution is 0.131. The van der Waals surface area contributed by atoms with Crippen LogP contribution in [0.3, 0.4) is 0 Å². The number of nitrogens with zero attached hydrogens (tertiary/aromatic N) is 3. The molecule has 5 heteroatoms. The molecule has 0 radical (unpaired) electrons. The van der Waals surface area contributed by atoms with Gasteiger partial charge in [-0.25, -0.2) is 4.39 Å². The van der Waals surface area contributed by atoms with Crippen molar-refractivity contribution in [2.24, 2.45) is 5.10 Å². The Morgan fingerprint density at radius 2 is 1.84 bits per heavy atom. The van der Waals surface area contributed by atoms with Crippen molar-refractivity contribution in [3.05, 3.63) is 68.9 Å². The van der Waals surface area contributed by atoms with Crippen LogP contribution in [0.15, 0.2) is 46.0 Å². The Bertz CT molecular complexity index is 768. The van der Waals surface area contributed by atoms with Crippen LogP contribution < -0.4 is 0 Å². The highest BCUT2D eigenvalue weighted by atomic mass is 79.9. The second kappa shape index (κ2) is 8.11. The molecule has 0 aromatic heterocycles. The van der Waals surface area contributed by atoms with Gasteiger partial charge in [0.05, 0.1) is 6.21 Å². The summed E-state index contributed by atoms with van der Waals surface area (Å²) < 4.78 is 14.6. The van der Waals surface area contributed by atoms with Gasteiger partial charge >= 0.3 is 0 Å². The first-order chi connectivity index (χ1) is 12.0. The number of hydrogen-bond acceptors (Lipinski definition) is 3. The zero-order valence-corrected chi connectivity index (χ0v) is 16.3. The van der Waals surface area contributed by atoms with E-state index in [0.717, 1.165) is 37.2 Å². The highest BCUT2D eigenvalue weighted by Crippen LogP contribution is 2.16. The van der Waals surface area contributed by atoms with E-state index in [-0.39, 0.29) is 5.82 Å². The van der Waals surface area contributed by atoms with Gasteiger partial charge in [-0.1, -0.05) is 39.7 Å². The maximum absolute atomic E-state index is 13.8. The highest BCUT2D eigenvalue weighted by molar-refractivity contribution is 9.10. The third kappa shape index (κ3) is 4.89. The standard InChI is InChI=1S/C20H23BrFN3/c1-15-3-4-17(16(2)11-15)14-24-7-9-25(10-8-24)23-13-18-12-19(21)5-6-20(18)22/h3-6,11-13H,7-10,14H2,1-2H3/b23-13-. The van der Waals surface area contributed by atoms with Gasteiger partial charge in [0.2, 0.25) is 0 Å². The van der Waals surface area contributed by atoms with Crippen LogP contribution in [0.25, 0.3) is 0 Å². The zero-order chi connectivity index (χ0) is 17.8.